The number of hydrogen-bond acceptors (Lipinski definition) is 3. The van der Waals surface area contributed by atoms with Gasteiger partial charge in [-0.1, -0.05) is 31.3 Å². The van der Waals surface area contributed by atoms with Crippen molar-refractivity contribution in [2.45, 2.75) is 39.5 Å². The normalized spacial score (nSPS) is 12.1. The van der Waals surface area contributed by atoms with Crippen LogP contribution in [0.2, 0.25) is 13.1 Å². The summed E-state index contributed by atoms with van der Waals surface area (Å²) in [7, 11) is -2.89. The molecule has 0 fully saturated rings. The minimum atomic E-state index is -2.89. The molecule has 0 N–H and O–H groups in total. The Hall–Kier alpha value is -0.593. The molecule has 2 aromatic rings. The Balaban J connectivity index is 0.00000220. The Kier molecular flexibility index (Phi) is 5.50. The molecule has 1 aromatic heterocycles. The first kappa shape index (κ1) is 18.5. The van der Waals surface area contributed by atoms with Crippen molar-refractivity contribution in [1.82, 2.24) is 4.57 Å². The van der Waals surface area contributed by atoms with E-state index in [1.165, 1.54) is 4.57 Å². The van der Waals surface area contributed by atoms with Gasteiger partial charge in [-0.2, -0.15) is 0 Å². The zero-order valence-electron chi connectivity index (χ0n) is 13.6. The zero-order valence-corrected chi connectivity index (χ0v) is 16.6. The smallest absolute Gasteiger partial charge is 0.854 e. The van der Waals surface area contributed by atoms with Crippen molar-refractivity contribution in [2.24, 2.45) is 0 Å². The van der Waals surface area contributed by atoms with E-state index in [0.717, 1.165) is 10.9 Å². The van der Waals surface area contributed by atoms with Crippen LogP contribution in [0, 0.1) is 0 Å². The maximum Gasteiger partial charge on any atom is 1.00 e. The molecular weight excluding hydrogens is 293 g/mol. The van der Waals surface area contributed by atoms with Crippen molar-refractivity contribution >= 4 is 30.6 Å². The van der Waals surface area contributed by atoms with Crippen molar-refractivity contribution in [3.63, 3.8) is 0 Å². The molecule has 1 aromatic carbocycles. The first-order chi connectivity index (χ1) is 9.09. The van der Waals surface area contributed by atoms with Gasteiger partial charge in [0, 0.05) is 8.32 Å². The van der Waals surface area contributed by atoms with Gasteiger partial charge in [-0.25, -0.2) is 4.79 Å². The molecule has 2 rings (SSSR count). The number of ether oxygens (including phenoxy) is 1. The Morgan fingerprint density at radius 2 is 1.81 bits per heavy atom. The minimum Gasteiger partial charge on any atom is -0.854 e. The summed E-state index contributed by atoms with van der Waals surface area (Å²) in [6.45, 7) is 8.81. The monoisotopic (exact) mass is 313 g/mol. The number of carbonyl (C=O) groups excluding carboxylic acids is 1. The third-order valence-electron chi connectivity index (χ3n) is 2.90. The maximum absolute atomic E-state index is 12.5. The van der Waals surface area contributed by atoms with Crippen LogP contribution in [0.25, 0.3) is 10.9 Å². The van der Waals surface area contributed by atoms with Gasteiger partial charge in [-0.05, 0) is 43.6 Å². The molecule has 0 spiro atoms. The van der Waals surface area contributed by atoms with E-state index >= 15 is 0 Å². The molecule has 0 atom stereocenters. The van der Waals surface area contributed by atoms with Crippen LogP contribution >= 0.6 is 0 Å². The summed E-state index contributed by atoms with van der Waals surface area (Å²) in [6, 6.07) is 9.30. The number of rotatable bonds is 1. The second kappa shape index (κ2) is 6.26. The molecule has 0 radical (unpaired) electrons. The number of para-hydroxylation sites is 1. The van der Waals surface area contributed by atoms with E-state index in [4.69, 9.17) is 4.74 Å². The van der Waals surface area contributed by atoms with Gasteiger partial charge in [0.2, 0.25) is 0 Å². The number of hydrogen-bond donors (Lipinski definition) is 0. The van der Waals surface area contributed by atoms with E-state index < -0.39 is 20.0 Å². The Morgan fingerprint density at radius 1 is 1.24 bits per heavy atom. The van der Waals surface area contributed by atoms with Gasteiger partial charge in [0.05, 0.1) is 5.52 Å². The van der Waals surface area contributed by atoms with Gasteiger partial charge in [0.1, 0.15) is 5.60 Å². The van der Waals surface area contributed by atoms with Crippen LogP contribution in [-0.4, -0.2) is 24.6 Å². The molecule has 0 bridgehead atoms. The van der Waals surface area contributed by atoms with Gasteiger partial charge in [-0.3, -0.25) is 4.57 Å². The fourth-order valence-corrected chi connectivity index (χ4v) is 3.36. The molecule has 0 aliphatic rings. The van der Waals surface area contributed by atoms with Crippen LogP contribution in [0.1, 0.15) is 20.8 Å². The molecule has 0 aliphatic carbocycles. The molecular formula is C15H20NNaO3Si. The predicted octanol–water partition coefficient (Wildman–Crippen LogP) is -0.799. The van der Waals surface area contributed by atoms with Gasteiger partial charge < -0.3 is 9.53 Å². The van der Waals surface area contributed by atoms with Gasteiger partial charge >= 0.3 is 35.7 Å². The van der Waals surface area contributed by atoms with Crippen LogP contribution in [-0.2, 0) is 4.74 Å². The Bertz CT molecular complexity index is 653. The number of nitrogens with zero attached hydrogens (tertiary/aromatic N) is 1. The van der Waals surface area contributed by atoms with E-state index in [9.17, 15) is 9.59 Å². The molecule has 6 heteroatoms. The number of fused-ring (bicyclic) bond motifs is 1. The molecule has 4 nitrogen and oxygen atoms in total. The standard InChI is InChI=1S/C15H20NO3Si.Na/c1-15(2,3)19-14(17)16-12-9-7-6-8-11(12)10-13(16)20(4,5)18;/h6-10H,1-5H3;/q-1;+1. The van der Waals surface area contributed by atoms with Crippen LogP contribution in [0.4, 0.5) is 4.79 Å². The topological polar surface area (TPSA) is 54.3 Å². The van der Waals surface area contributed by atoms with Crippen molar-refractivity contribution in [3.8, 4) is 0 Å². The van der Waals surface area contributed by atoms with E-state index in [-0.39, 0.29) is 29.6 Å². The fraction of sp³-hybridized carbons (Fsp3) is 0.400. The summed E-state index contributed by atoms with van der Waals surface area (Å²) in [5, 5.41) is 1.44. The van der Waals surface area contributed by atoms with Crippen molar-refractivity contribution < 1.29 is 43.9 Å². The summed E-state index contributed by atoms with van der Waals surface area (Å²) in [4.78, 5) is 24.9. The van der Waals surface area contributed by atoms with Gasteiger partial charge in [0.25, 0.3) is 0 Å². The average molecular weight is 313 g/mol. The second-order valence-electron chi connectivity index (χ2n) is 6.41. The SMILES string of the molecule is CC(C)(C)OC(=O)n1c([Si](C)(C)[O-])cc2ccccc21.[Na+]. The Labute approximate surface area is 148 Å². The van der Waals surface area contributed by atoms with Crippen LogP contribution in [0.3, 0.4) is 0 Å². The summed E-state index contributed by atoms with van der Waals surface area (Å²) >= 11 is 0. The largest absolute Gasteiger partial charge is 1.00 e. The quantitative estimate of drug-likeness (QED) is 0.648. The van der Waals surface area contributed by atoms with Crippen molar-refractivity contribution in [2.75, 3.05) is 0 Å². The molecule has 0 saturated carbocycles. The van der Waals surface area contributed by atoms with Crippen LogP contribution in [0.15, 0.2) is 30.3 Å². The van der Waals surface area contributed by atoms with E-state index in [1.807, 2.05) is 51.1 Å². The molecule has 1 heterocycles. The van der Waals surface area contributed by atoms with Crippen molar-refractivity contribution in [1.29, 1.82) is 0 Å². The number of carbonyl (C=O) groups is 1. The molecule has 0 unspecified atom stereocenters. The zero-order chi connectivity index (χ0) is 15.1. The second-order valence-corrected chi connectivity index (χ2v) is 9.95. The first-order valence-electron chi connectivity index (χ1n) is 6.64. The first-order valence-corrected chi connectivity index (χ1v) is 9.55. The molecule has 0 saturated heterocycles. The average Bonchev–Trinajstić information content (AvgIpc) is 2.65. The molecule has 108 valence electrons. The van der Waals surface area contributed by atoms with Gasteiger partial charge in [-0.15, -0.1) is 0 Å². The van der Waals surface area contributed by atoms with Crippen molar-refractivity contribution in [3.05, 3.63) is 30.3 Å². The minimum absolute atomic E-state index is 0. The van der Waals surface area contributed by atoms with E-state index in [1.54, 1.807) is 13.1 Å². The third-order valence-corrected chi connectivity index (χ3v) is 4.51. The summed E-state index contributed by atoms with van der Waals surface area (Å²) in [5.41, 5.74) is 0.141. The van der Waals surface area contributed by atoms with Crippen LogP contribution < -0.4 is 39.7 Å². The summed E-state index contributed by atoms with van der Waals surface area (Å²) in [5.74, 6) is 0. The Morgan fingerprint density at radius 3 is 2.33 bits per heavy atom. The van der Waals surface area contributed by atoms with Gasteiger partial charge in [0.15, 0.2) is 0 Å². The number of benzene rings is 1. The third kappa shape index (κ3) is 4.20. The summed E-state index contributed by atoms with van der Waals surface area (Å²) < 4.78 is 6.88. The maximum atomic E-state index is 12.5. The molecule has 0 aliphatic heterocycles. The fourth-order valence-electron chi connectivity index (χ4n) is 2.10. The molecule has 0 amide bonds. The van der Waals surface area contributed by atoms with Crippen LogP contribution in [0.5, 0.6) is 0 Å². The number of aromatic nitrogens is 1. The summed E-state index contributed by atoms with van der Waals surface area (Å²) in [6.07, 6.45) is -0.481. The van der Waals surface area contributed by atoms with E-state index in [2.05, 4.69) is 0 Å². The predicted molar refractivity (Wildman–Crippen MR) is 80.7 cm³/mol. The molecule has 21 heavy (non-hydrogen) atoms. The van der Waals surface area contributed by atoms with E-state index in [0.29, 0.717) is 5.32 Å².